The standard InChI is InChI=1S/C14H20N2OS2/c1-15-14(17)13(11-5-3-2-4-6-11)16-12-9-18-7-8-19-10-12/h2-6,12-13,16H,7-10H2,1H3,(H,15,17)/t13-/m1/s1. The molecule has 0 radical (unpaired) electrons. The van der Waals surface area contributed by atoms with E-state index < -0.39 is 0 Å². The van der Waals surface area contributed by atoms with Gasteiger partial charge in [0.05, 0.1) is 0 Å². The van der Waals surface area contributed by atoms with Crippen LogP contribution in [0.4, 0.5) is 0 Å². The van der Waals surface area contributed by atoms with E-state index in [2.05, 4.69) is 10.6 Å². The van der Waals surface area contributed by atoms with E-state index in [1.807, 2.05) is 53.9 Å². The van der Waals surface area contributed by atoms with Gasteiger partial charge in [-0.3, -0.25) is 10.1 Å². The first kappa shape index (κ1) is 14.8. The molecule has 0 unspecified atom stereocenters. The third-order valence-corrected chi connectivity index (χ3v) is 5.57. The number of hydrogen-bond acceptors (Lipinski definition) is 4. The quantitative estimate of drug-likeness (QED) is 0.890. The third kappa shape index (κ3) is 4.44. The molecule has 1 aliphatic heterocycles. The summed E-state index contributed by atoms with van der Waals surface area (Å²) in [5.41, 5.74) is 1.03. The van der Waals surface area contributed by atoms with Gasteiger partial charge >= 0.3 is 0 Å². The zero-order valence-corrected chi connectivity index (χ0v) is 12.7. The molecule has 0 saturated carbocycles. The third-order valence-electron chi connectivity index (χ3n) is 3.05. The molecular formula is C14H20N2OS2. The van der Waals surface area contributed by atoms with E-state index in [1.54, 1.807) is 7.05 Å². The molecule has 0 bridgehead atoms. The fourth-order valence-electron chi connectivity index (χ4n) is 2.06. The fourth-order valence-corrected chi connectivity index (χ4v) is 4.48. The number of carbonyl (C=O) groups is 1. The zero-order valence-electron chi connectivity index (χ0n) is 11.1. The highest BCUT2D eigenvalue weighted by Crippen LogP contribution is 2.20. The second kappa shape index (κ2) is 7.82. The van der Waals surface area contributed by atoms with Gasteiger partial charge in [0.2, 0.25) is 5.91 Å². The first-order valence-electron chi connectivity index (χ1n) is 6.49. The summed E-state index contributed by atoms with van der Waals surface area (Å²) in [5, 5.41) is 6.26. The van der Waals surface area contributed by atoms with Crippen LogP contribution in [0.3, 0.4) is 0 Å². The Bertz CT molecular complexity index is 392. The van der Waals surface area contributed by atoms with Crippen molar-refractivity contribution in [2.45, 2.75) is 12.1 Å². The van der Waals surface area contributed by atoms with Crippen LogP contribution in [0.5, 0.6) is 0 Å². The fraction of sp³-hybridized carbons (Fsp3) is 0.500. The predicted octanol–water partition coefficient (Wildman–Crippen LogP) is 1.91. The molecule has 0 aliphatic carbocycles. The summed E-state index contributed by atoms with van der Waals surface area (Å²) in [5.74, 6) is 4.60. The number of nitrogens with one attached hydrogen (secondary N) is 2. The molecule has 19 heavy (non-hydrogen) atoms. The molecule has 1 aliphatic rings. The van der Waals surface area contributed by atoms with E-state index in [9.17, 15) is 4.79 Å². The lowest BCUT2D eigenvalue weighted by Gasteiger charge is -2.23. The maximum Gasteiger partial charge on any atom is 0.241 e. The Hall–Kier alpha value is -0.650. The molecule has 3 nitrogen and oxygen atoms in total. The highest BCUT2D eigenvalue weighted by Gasteiger charge is 2.23. The highest BCUT2D eigenvalue weighted by molar-refractivity contribution is 8.03. The van der Waals surface area contributed by atoms with Gasteiger partial charge in [0.15, 0.2) is 0 Å². The summed E-state index contributed by atoms with van der Waals surface area (Å²) >= 11 is 3.93. The minimum Gasteiger partial charge on any atom is -0.358 e. The van der Waals surface area contributed by atoms with Crippen molar-refractivity contribution in [3.05, 3.63) is 35.9 Å². The average Bonchev–Trinajstić information content (AvgIpc) is 2.73. The largest absolute Gasteiger partial charge is 0.358 e. The van der Waals surface area contributed by atoms with E-state index in [-0.39, 0.29) is 11.9 Å². The summed E-state index contributed by atoms with van der Waals surface area (Å²) in [6, 6.07) is 10.1. The smallest absolute Gasteiger partial charge is 0.241 e. The molecule has 1 heterocycles. The number of carbonyl (C=O) groups excluding carboxylic acids is 1. The first-order valence-corrected chi connectivity index (χ1v) is 8.80. The van der Waals surface area contributed by atoms with Gasteiger partial charge in [-0.1, -0.05) is 30.3 Å². The summed E-state index contributed by atoms with van der Waals surface area (Å²) in [6.07, 6.45) is 0. The molecule has 0 spiro atoms. The van der Waals surface area contributed by atoms with Crippen LogP contribution >= 0.6 is 23.5 Å². The van der Waals surface area contributed by atoms with Gasteiger partial charge in [-0.05, 0) is 5.56 Å². The van der Waals surface area contributed by atoms with Gasteiger partial charge < -0.3 is 5.32 Å². The molecule has 1 atom stereocenters. The van der Waals surface area contributed by atoms with E-state index in [4.69, 9.17) is 0 Å². The van der Waals surface area contributed by atoms with Crippen molar-refractivity contribution < 1.29 is 4.79 Å². The molecule has 5 heteroatoms. The molecular weight excluding hydrogens is 276 g/mol. The van der Waals surface area contributed by atoms with Gasteiger partial charge in [0, 0.05) is 36.1 Å². The highest BCUT2D eigenvalue weighted by atomic mass is 32.2. The number of thioether (sulfide) groups is 2. The average molecular weight is 296 g/mol. The number of amides is 1. The van der Waals surface area contributed by atoms with E-state index in [0.717, 1.165) is 17.1 Å². The van der Waals surface area contributed by atoms with Crippen LogP contribution in [-0.2, 0) is 4.79 Å². The van der Waals surface area contributed by atoms with Gasteiger partial charge in [0.1, 0.15) is 6.04 Å². The Morgan fingerprint density at radius 1 is 1.21 bits per heavy atom. The first-order chi connectivity index (χ1) is 9.31. The maximum absolute atomic E-state index is 12.1. The number of likely N-dealkylation sites (N-methyl/N-ethyl adjacent to an activating group) is 1. The summed E-state index contributed by atoms with van der Waals surface area (Å²) in [4.78, 5) is 12.1. The van der Waals surface area contributed by atoms with Gasteiger partial charge in [-0.2, -0.15) is 23.5 Å². The van der Waals surface area contributed by atoms with E-state index in [1.165, 1.54) is 11.5 Å². The lowest BCUT2D eigenvalue weighted by molar-refractivity contribution is -0.122. The van der Waals surface area contributed by atoms with E-state index >= 15 is 0 Å². The molecule has 1 amide bonds. The van der Waals surface area contributed by atoms with Crippen LogP contribution in [0.2, 0.25) is 0 Å². The SMILES string of the molecule is CNC(=O)[C@H](NC1CSCCSC1)c1ccccc1. The van der Waals surface area contributed by atoms with Crippen LogP contribution < -0.4 is 10.6 Å². The van der Waals surface area contributed by atoms with Crippen molar-refractivity contribution in [2.24, 2.45) is 0 Å². The van der Waals surface area contributed by atoms with Crippen molar-refractivity contribution in [3.8, 4) is 0 Å². The molecule has 2 N–H and O–H groups in total. The number of rotatable bonds is 4. The molecule has 104 valence electrons. The number of hydrogen-bond donors (Lipinski definition) is 2. The molecule has 1 saturated heterocycles. The van der Waals surface area contributed by atoms with Gasteiger partial charge in [-0.25, -0.2) is 0 Å². The Morgan fingerprint density at radius 2 is 1.84 bits per heavy atom. The molecule has 2 rings (SSSR count). The predicted molar refractivity (Wildman–Crippen MR) is 84.8 cm³/mol. The second-order valence-electron chi connectivity index (χ2n) is 4.47. The van der Waals surface area contributed by atoms with Crippen LogP contribution in [0, 0.1) is 0 Å². The van der Waals surface area contributed by atoms with Crippen molar-refractivity contribution in [2.75, 3.05) is 30.1 Å². The number of benzene rings is 1. The minimum absolute atomic E-state index is 0.0328. The molecule has 1 fully saturated rings. The van der Waals surface area contributed by atoms with Crippen molar-refractivity contribution in [1.82, 2.24) is 10.6 Å². The minimum atomic E-state index is -0.254. The zero-order chi connectivity index (χ0) is 13.5. The lowest BCUT2D eigenvalue weighted by Crippen LogP contribution is -2.43. The van der Waals surface area contributed by atoms with Gasteiger partial charge in [-0.15, -0.1) is 0 Å². The second-order valence-corrected chi connectivity index (χ2v) is 6.77. The maximum atomic E-state index is 12.1. The Morgan fingerprint density at radius 3 is 2.42 bits per heavy atom. The Labute approximate surface area is 123 Å². The Balaban J connectivity index is 2.07. The van der Waals surface area contributed by atoms with Gasteiger partial charge in [0.25, 0.3) is 0 Å². The topological polar surface area (TPSA) is 41.1 Å². The van der Waals surface area contributed by atoms with Crippen LogP contribution in [0.25, 0.3) is 0 Å². The normalized spacial score (nSPS) is 18.6. The van der Waals surface area contributed by atoms with Crippen molar-refractivity contribution >= 4 is 29.4 Å². The molecule has 1 aromatic carbocycles. The van der Waals surface area contributed by atoms with Crippen molar-refractivity contribution in [1.29, 1.82) is 0 Å². The molecule has 1 aromatic rings. The van der Waals surface area contributed by atoms with Crippen LogP contribution in [-0.4, -0.2) is 42.0 Å². The summed E-state index contributed by atoms with van der Waals surface area (Å²) in [6.45, 7) is 0. The Kier molecular flexibility index (Phi) is 6.07. The van der Waals surface area contributed by atoms with E-state index in [0.29, 0.717) is 6.04 Å². The monoisotopic (exact) mass is 296 g/mol. The summed E-state index contributed by atoms with van der Waals surface area (Å²) in [7, 11) is 1.69. The summed E-state index contributed by atoms with van der Waals surface area (Å²) < 4.78 is 0. The van der Waals surface area contributed by atoms with Crippen LogP contribution in [0.15, 0.2) is 30.3 Å². The lowest BCUT2D eigenvalue weighted by atomic mass is 10.1. The molecule has 0 aromatic heterocycles. The van der Waals surface area contributed by atoms with Crippen molar-refractivity contribution in [3.63, 3.8) is 0 Å². The van der Waals surface area contributed by atoms with Crippen LogP contribution in [0.1, 0.15) is 11.6 Å².